The largest absolute Gasteiger partial charge is 0.307 e. The molecule has 6 heteroatoms. The van der Waals surface area contributed by atoms with E-state index in [1.807, 2.05) is 12.3 Å². The van der Waals surface area contributed by atoms with Gasteiger partial charge in [-0.3, -0.25) is 0 Å². The highest BCUT2D eigenvalue weighted by Crippen LogP contribution is 2.15. The number of rotatable bonds is 4. The lowest BCUT2D eigenvalue weighted by Gasteiger charge is -2.06. The van der Waals surface area contributed by atoms with Crippen LogP contribution in [0.15, 0.2) is 17.5 Å². The Hall–Kier alpha value is -1.84. The van der Waals surface area contributed by atoms with Crippen molar-refractivity contribution in [3.8, 4) is 6.07 Å². The van der Waals surface area contributed by atoms with Crippen LogP contribution in [0.2, 0.25) is 0 Å². The van der Waals surface area contributed by atoms with Gasteiger partial charge in [-0.1, -0.05) is 0 Å². The molecule has 2 aromatic rings. The number of halogens is 2. The van der Waals surface area contributed by atoms with Crippen LogP contribution in [-0.4, -0.2) is 4.98 Å². The lowest BCUT2D eigenvalue weighted by atomic mass is 10.1. The topological polar surface area (TPSA) is 48.7 Å². The second kappa shape index (κ2) is 5.87. The Bertz CT molecular complexity index is 608. The third-order valence-electron chi connectivity index (χ3n) is 2.54. The molecule has 3 nitrogen and oxygen atoms in total. The molecule has 0 bridgehead atoms. The van der Waals surface area contributed by atoms with E-state index in [-0.39, 0.29) is 17.7 Å². The molecule has 0 saturated carbocycles. The summed E-state index contributed by atoms with van der Waals surface area (Å²) in [5.41, 5.74) is 0.761. The second-order valence-electron chi connectivity index (χ2n) is 3.99. The molecule has 0 fully saturated rings. The summed E-state index contributed by atoms with van der Waals surface area (Å²) in [6, 6.07) is 3.78. The molecule has 19 heavy (non-hydrogen) atoms. The Morgan fingerprint density at radius 2 is 2.00 bits per heavy atom. The van der Waals surface area contributed by atoms with Gasteiger partial charge in [0.1, 0.15) is 11.6 Å². The molecule has 1 aromatic heterocycles. The van der Waals surface area contributed by atoms with Crippen molar-refractivity contribution in [1.82, 2.24) is 10.3 Å². The number of benzene rings is 1. The van der Waals surface area contributed by atoms with Crippen LogP contribution in [0.4, 0.5) is 8.78 Å². The molecule has 1 heterocycles. The number of thiazole rings is 1. The van der Waals surface area contributed by atoms with E-state index in [2.05, 4.69) is 10.3 Å². The molecule has 0 unspecified atom stereocenters. The second-order valence-corrected chi connectivity index (χ2v) is 5.05. The van der Waals surface area contributed by atoms with Gasteiger partial charge in [0.15, 0.2) is 0 Å². The smallest absolute Gasteiger partial charge is 0.131 e. The predicted molar refractivity (Wildman–Crippen MR) is 68.5 cm³/mol. The van der Waals surface area contributed by atoms with Gasteiger partial charge >= 0.3 is 0 Å². The Balaban J connectivity index is 2.02. The van der Waals surface area contributed by atoms with Crippen molar-refractivity contribution < 1.29 is 8.78 Å². The van der Waals surface area contributed by atoms with Crippen molar-refractivity contribution in [2.75, 3.05) is 0 Å². The number of hydrogen-bond donors (Lipinski definition) is 1. The maximum atomic E-state index is 13.6. The fraction of sp³-hybridized carbons (Fsp3) is 0.231. The van der Waals surface area contributed by atoms with Crippen molar-refractivity contribution in [3.63, 3.8) is 0 Å². The molecule has 1 N–H and O–H groups in total. The summed E-state index contributed by atoms with van der Waals surface area (Å²) >= 11 is 1.53. The van der Waals surface area contributed by atoms with Crippen LogP contribution in [0.25, 0.3) is 0 Å². The summed E-state index contributed by atoms with van der Waals surface area (Å²) < 4.78 is 27.2. The number of nitriles is 1. The van der Waals surface area contributed by atoms with Crippen LogP contribution >= 0.6 is 11.3 Å². The first-order chi connectivity index (χ1) is 9.10. The minimum absolute atomic E-state index is 0.0196. The first-order valence-electron chi connectivity index (χ1n) is 5.60. The van der Waals surface area contributed by atoms with Crippen LogP contribution in [0.3, 0.4) is 0 Å². The number of hydrogen-bond acceptors (Lipinski definition) is 4. The summed E-state index contributed by atoms with van der Waals surface area (Å²) in [4.78, 5) is 4.24. The summed E-state index contributed by atoms with van der Waals surface area (Å²) in [7, 11) is 0. The number of nitrogens with zero attached hydrogens (tertiary/aromatic N) is 2. The van der Waals surface area contributed by atoms with Gasteiger partial charge in [-0.15, -0.1) is 11.3 Å². The number of aromatic nitrogens is 1. The number of nitrogens with one attached hydrogen (secondary N) is 1. The minimum atomic E-state index is -0.710. The zero-order valence-electron chi connectivity index (χ0n) is 10.2. The van der Waals surface area contributed by atoms with Gasteiger partial charge in [-0.2, -0.15) is 5.26 Å². The van der Waals surface area contributed by atoms with Crippen molar-refractivity contribution >= 4 is 11.3 Å². The van der Waals surface area contributed by atoms with Gasteiger partial charge in [0.25, 0.3) is 0 Å². The highest BCUT2D eigenvalue weighted by atomic mass is 32.1. The van der Waals surface area contributed by atoms with E-state index >= 15 is 0 Å². The molecule has 0 saturated heterocycles. The molecule has 0 aliphatic rings. The number of aryl methyl sites for hydroxylation is 1. The zero-order valence-corrected chi connectivity index (χ0v) is 11.0. The first kappa shape index (κ1) is 13.6. The SMILES string of the molecule is Cc1nc(CNCc2c(F)cc(C#N)cc2F)cs1. The summed E-state index contributed by atoms with van der Waals surface area (Å²) in [6.07, 6.45) is 0. The maximum Gasteiger partial charge on any atom is 0.131 e. The van der Waals surface area contributed by atoms with Gasteiger partial charge in [-0.25, -0.2) is 13.8 Å². The molecule has 1 aromatic carbocycles. The van der Waals surface area contributed by atoms with Gasteiger partial charge in [-0.05, 0) is 19.1 Å². The molecule has 2 rings (SSSR count). The Morgan fingerprint density at radius 3 is 2.53 bits per heavy atom. The summed E-state index contributed by atoms with van der Waals surface area (Å²) in [5, 5.41) is 14.4. The maximum absolute atomic E-state index is 13.6. The normalized spacial score (nSPS) is 10.4. The van der Waals surface area contributed by atoms with E-state index in [0.29, 0.717) is 6.54 Å². The summed E-state index contributed by atoms with van der Waals surface area (Å²) in [6.45, 7) is 2.40. The highest BCUT2D eigenvalue weighted by molar-refractivity contribution is 7.09. The minimum Gasteiger partial charge on any atom is -0.307 e. The monoisotopic (exact) mass is 279 g/mol. The van der Waals surface area contributed by atoms with Crippen LogP contribution < -0.4 is 5.32 Å². The molecule has 0 atom stereocenters. The molecule has 0 spiro atoms. The average Bonchev–Trinajstić information content (AvgIpc) is 2.78. The highest BCUT2D eigenvalue weighted by Gasteiger charge is 2.11. The Labute approximate surface area is 113 Å². The Kier molecular flexibility index (Phi) is 4.20. The third-order valence-corrected chi connectivity index (χ3v) is 3.37. The quantitative estimate of drug-likeness (QED) is 0.936. The lowest BCUT2D eigenvalue weighted by molar-refractivity contribution is 0.533. The van der Waals surface area contributed by atoms with Gasteiger partial charge in [0.05, 0.1) is 22.3 Å². The Morgan fingerprint density at radius 1 is 1.32 bits per heavy atom. The van der Waals surface area contributed by atoms with Crippen molar-refractivity contribution in [1.29, 1.82) is 5.26 Å². The summed E-state index contributed by atoms with van der Waals surface area (Å²) in [5.74, 6) is -1.42. The van der Waals surface area contributed by atoms with E-state index in [1.54, 1.807) is 6.07 Å². The van der Waals surface area contributed by atoms with Crippen LogP contribution in [0, 0.1) is 29.9 Å². The van der Waals surface area contributed by atoms with Crippen LogP contribution in [0.5, 0.6) is 0 Å². The molecule has 0 radical (unpaired) electrons. The van der Waals surface area contributed by atoms with Gasteiger partial charge in [0.2, 0.25) is 0 Å². The van der Waals surface area contributed by atoms with E-state index in [4.69, 9.17) is 5.26 Å². The van der Waals surface area contributed by atoms with E-state index in [0.717, 1.165) is 22.8 Å². The van der Waals surface area contributed by atoms with Crippen LogP contribution in [-0.2, 0) is 13.1 Å². The fourth-order valence-electron chi connectivity index (χ4n) is 1.64. The standard InChI is InChI=1S/C13H11F2N3S/c1-8-18-10(7-19-8)5-17-6-11-12(14)2-9(4-16)3-13(11)15/h2-3,7,17H,5-6H2,1H3. The fourth-order valence-corrected chi connectivity index (χ4v) is 2.25. The van der Waals surface area contributed by atoms with E-state index in [9.17, 15) is 8.78 Å². The molecule has 98 valence electrons. The average molecular weight is 279 g/mol. The molecule has 0 amide bonds. The van der Waals surface area contributed by atoms with Crippen LogP contribution in [0.1, 0.15) is 21.8 Å². The zero-order chi connectivity index (χ0) is 13.8. The van der Waals surface area contributed by atoms with E-state index < -0.39 is 11.6 Å². The van der Waals surface area contributed by atoms with Gasteiger partial charge in [0, 0.05) is 24.0 Å². The molecular formula is C13H11F2N3S. The molecule has 0 aliphatic carbocycles. The first-order valence-corrected chi connectivity index (χ1v) is 6.48. The van der Waals surface area contributed by atoms with Gasteiger partial charge < -0.3 is 5.32 Å². The van der Waals surface area contributed by atoms with Crippen molar-refractivity contribution in [3.05, 3.63) is 51.0 Å². The molecular weight excluding hydrogens is 268 g/mol. The van der Waals surface area contributed by atoms with E-state index in [1.165, 1.54) is 11.3 Å². The molecule has 0 aliphatic heterocycles. The lowest BCUT2D eigenvalue weighted by Crippen LogP contribution is -2.15. The third kappa shape index (κ3) is 3.34. The predicted octanol–water partition coefficient (Wildman–Crippen LogP) is 2.89. The van der Waals surface area contributed by atoms with Crippen molar-refractivity contribution in [2.45, 2.75) is 20.0 Å². The van der Waals surface area contributed by atoms with Crippen molar-refractivity contribution in [2.24, 2.45) is 0 Å².